The van der Waals surface area contributed by atoms with Gasteiger partial charge in [0.15, 0.2) is 0 Å². The fraction of sp³-hybridized carbons (Fsp3) is 0.188. The molecular weight excluding hydrogens is 336 g/mol. The quantitative estimate of drug-likeness (QED) is 0.886. The van der Waals surface area contributed by atoms with Crippen LogP contribution < -0.4 is 10.0 Å². The standard InChI is InChI=1S/C16H17ClN2O3S/c1-16(2,12-8-4-3-5-9-12)18-15(20)19-23(21,22)14-11-7-6-10-13(14)17/h3-11H,1-2H3,(H2,18,19,20). The molecule has 0 radical (unpaired) electrons. The topological polar surface area (TPSA) is 75.3 Å². The maximum Gasteiger partial charge on any atom is 0.329 e. The zero-order valence-electron chi connectivity index (χ0n) is 12.7. The fourth-order valence-electron chi connectivity index (χ4n) is 2.08. The van der Waals surface area contributed by atoms with Gasteiger partial charge in [0, 0.05) is 0 Å². The number of amides is 2. The van der Waals surface area contributed by atoms with Crippen LogP contribution in [0.25, 0.3) is 0 Å². The van der Waals surface area contributed by atoms with E-state index in [1.54, 1.807) is 19.9 Å². The molecule has 7 heteroatoms. The molecule has 0 aliphatic rings. The van der Waals surface area contributed by atoms with Crippen molar-refractivity contribution in [3.05, 3.63) is 65.2 Å². The third-order valence-corrected chi connectivity index (χ3v) is 5.11. The van der Waals surface area contributed by atoms with Gasteiger partial charge in [-0.15, -0.1) is 0 Å². The molecule has 0 aliphatic carbocycles. The number of rotatable bonds is 4. The van der Waals surface area contributed by atoms with Crippen molar-refractivity contribution < 1.29 is 13.2 Å². The van der Waals surface area contributed by atoms with E-state index in [-0.39, 0.29) is 9.92 Å². The zero-order valence-corrected chi connectivity index (χ0v) is 14.3. The van der Waals surface area contributed by atoms with Gasteiger partial charge in [-0.3, -0.25) is 0 Å². The largest absolute Gasteiger partial charge is 0.329 e. The maximum absolute atomic E-state index is 12.2. The normalized spacial score (nSPS) is 11.8. The summed E-state index contributed by atoms with van der Waals surface area (Å²) in [5, 5.41) is 2.70. The summed E-state index contributed by atoms with van der Waals surface area (Å²) in [4.78, 5) is 11.9. The van der Waals surface area contributed by atoms with Gasteiger partial charge in [0.05, 0.1) is 10.6 Å². The van der Waals surface area contributed by atoms with Crippen LogP contribution in [-0.2, 0) is 15.6 Å². The lowest BCUT2D eigenvalue weighted by molar-refractivity contribution is 0.235. The minimum Gasteiger partial charge on any atom is -0.328 e. The van der Waals surface area contributed by atoms with E-state index in [0.29, 0.717) is 0 Å². The summed E-state index contributed by atoms with van der Waals surface area (Å²) in [5.74, 6) is 0. The second-order valence-corrected chi connectivity index (χ2v) is 7.54. The van der Waals surface area contributed by atoms with Gasteiger partial charge in [-0.05, 0) is 31.5 Å². The molecule has 0 aliphatic heterocycles. The van der Waals surface area contributed by atoms with Crippen molar-refractivity contribution in [3.8, 4) is 0 Å². The first kappa shape index (κ1) is 17.3. The summed E-state index contributed by atoms with van der Waals surface area (Å²) in [6.45, 7) is 3.56. The lowest BCUT2D eigenvalue weighted by Crippen LogP contribution is -2.48. The molecule has 0 bridgehead atoms. The number of hydrogen-bond donors (Lipinski definition) is 2. The Hall–Kier alpha value is -2.05. The zero-order chi connectivity index (χ0) is 17.1. The van der Waals surface area contributed by atoms with Crippen LogP contribution in [0.4, 0.5) is 4.79 Å². The Labute approximate surface area is 140 Å². The molecule has 0 unspecified atom stereocenters. The summed E-state index contributed by atoms with van der Waals surface area (Å²) in [7, 11) is -4.04. The Morgan fingerprint density at radius 1 is 1.00 bits per heavy atom. The molecule has 2 rings (SSSR count). The van der Waals surface area contributed by atoms with E-state index >= 15 is 0 Å². The highest BCUT2D eigenvalue weighted by atomic mass is 35.5. The van der Waals surface area contributed by atoms with Gasteiger partial charge in [0.2, 0.25) is 0 Å². The van der Waals surface area contributed by atoms with Gasteiger partial charge in [-0.1, -0.05) is 54.1 Å². The first-order chi connectivity index (χ1) is 10.7. The van der Waals surface area contributed by atoms with Gasteiger partial charge >= 0.3 is 6.03 Å². The van der Waals surface area contributed by atoms with Crippen molar-refractivity contribution in [1.82, 2.24) is 10.0 Å². The Bertz CT molecular complexity index is 805. The van der Waals surface area contributed by atoms with Crippen LogP contribution in [-0.4, -0.2) is 14.4 Å². The molecule has 5 nitrogen and oxygen atoms in total. The minimum absolute atomic E-state index is 0.0510. The maximum atomic E-state index is 12.2. The van der Waals surface area contributed by atoms with Crippen molar-refractivity contribution in [3.63, 3.8) is 0 Å². The second kappa shape index (κ2) is 6.60. The van der Waals surface area contributed by atoms with Gasteiger partial charge in [-0.2, -0.15) is 0 Å². The van der Waals surface area contributed by atoms with Gasteiger partial charge < -0.3 is 5.32 Å². The molecule has 2 N–H and O–H groups in total. The second-order valence-electron chi connectivity index (χ2n) is 5.48. The summed E-state index contributed by atoms with van der Waals surface area (Å²) in [6, 6.07) is 14.4. The molecule has 122 valence electrons. The lowest BCUT2D eigenvalue weighted by atomic mass is 9.95. The van der Waals surface area contributed by atoms with Crippen LogP contribution >= 0.6 is 11.6 Å². The molecular formula is C16H17ClN2O3S. The summed E-state index contributed by atoms with van der Waals surface area (Å²) < 4.78 is 26.4. The van der Waals surface area contributed by atoms with Gasteiger partial charge in [-0.25, -0.2) is 17.9 Å². The average Bonchev–Trinajstić information content (AvgIpc) is 2.47. The summed E-state index contributed by atoms with van der Waals surface area (Å²) in [5.41, 5.74) is 0.117. The molecule has 2 aromatic rings. The van der Waals surface area contributed by atoms with Crippen molar-refractivity contribution in [2.24, 2.45) is 0 Å². The average molecular weight is 353 g/mol. The number of nitrogens with one attached hydrogen (secondary N) is 2. The van der Waals surface area contributed by atoms with Crippen LogP contribution in [0.3, 0.4) is 0 Å². The summed E-state index contributed by atoms with van der Waals surface area (Å²) in [6.07, 6.45) is 0. The molecule has 0 spiro atoms. The molecule has 23 heavy (non-hydrogen) atoms. The van der Waals surface area contributed by atoms with Crippen LogP contribution in [0.15, 0.2) is 59.5 Å². The molecule has 0 aromatic heterocycles. The highest BCUT2D eigenvalue weighted by Crippen LogP contribution is 2.21. The highest BCUT2D eigenvalue weighted by Gasteiger charge is 2.26. The minimum atomic E-state index is -4.04. The van der Waals surface area contributed by atoms with Crippen LogP contribution in [0.1, 0.15) is 19.4 Å². The molecule has 0 saturated heterocycles. The van der Waals surface area contributed by atoms with Crippen molar-refractivity contribution in [2.75, 3.05) is 0 Å². The van der Waals surface area contributed by atoms with Crippen molar-refractivity contribution in [1.29, 1.82) is 0 Å². The van der Waals surface area contributed by atoms with E-state index < -0.39 is 21.6 Å². The number of carbonyl (C=O) groups excluding carboxylic acids is 1. The molecule has 2 amide bonds. The number of urea groups is 1. The van der Waals surface area contributed by atoms with Gasteiger partial charge in [0.25, 0.3) is 10.0 Å². The first-order valence-electron chi connectivity index (χ1n) is 6.87. The van der Waals surface area contributed by atoms with Gasteiger partial charge in [0.1, 0.15) is 4.90 Å². The monoisotopic (exact) mass is 352 g/mol. The number of hydrogen-bond acceptors (Lipinski definition) is 3. The molecule has 0 fully saturated rings. The number of sulfonamides is 1. The van der Waals surface area contributed by atoms with Crippen LogP contribution in [0.5, 0.6) is 0 Å². The van der Waals surface area contributed by atoms with E-state index in [2.05, 4.69) is 5.32 Å². The smallest absolute Gasteiger partial charge is 0.328 e. The Morgan fingerprint density at radius 3 is 2.17 bits per heavy atom. The summed E-state index contributed by atoms with van der Waals surface area (Å²) >= 11 is 5.87. The first-order valence-corrected chi connectivity index (χ1v) is 8.73. The fourth-order valence-corrected chi connectivity index (χ4v) is 3.50. The predicted molar refractivity (Wildman–Crippen MR) is 89.8 cm³/mol. The Balaban J connectivity index is 2.15. The van der Waals surface area contributed by atoms with E-state index in [1.807, 2.05) is 35.1 Å². The van der Waals surface area contributed by atoms with Crippen molar-refractivity contribution >= 4 is 27.7 Å². The molecule has 2 aromatic carbocycles. The van der Waals surface area contributed by atoms with Crippen molar-refractivity contribution in [2.45, 2.75) is 24.3 Å². The Kier molecular flexibility index (Phi) is 4.97. The number of benzene rings is 2. The highest BCUT2D eigenvalue weighted by molar-refractivity contribution is 7.90. The SMILES string of the molecule is CC(C)(NC(=O)NS(=O)(=O)c1ccccc1Cl)c1ccccc1. The van der Waals surface area contributed by atoms with E-state index in [0.717, 1.165) is 5.56 Å². The third-order valence-electron chi connectivity index (χ3n) is 3.27. The van der Waals surface area contributed by atoms with Crippen LogP contribution in [0.2, 0.25) is 5.02 Å². The Morgan fingerprint density at radius 2 is 1.57 bits per heavy atom. The predicted octanol–water partition coefficient (Wildman–Crippen LogP) is 3.26. The van der Waals surface area contributed by atoms with E-state index in [1.165, 1.54) is 18.2 Å². The van der Waals surface area contributed by atoms with E-state index in [9.17, 15) is 13.2 Å². The van der Waals surface area contributed by atoms with Crippen LogP contribution in [0, 0.1) is 0 Å². The third kappa shape index (κ3) is 4.24. The number of carbonyl (C=O) groups is 1. The molecule has 0 atom stereocenters. The molecule has 0 heterocycles. The van der Waals surface area contributed by atoms with E-state index in [4.69, 9.17) is 11.6 Å². The number of halogens is 1. The molecule has 0 saturated carbocycles. The lowest BCUT2D eigenvalue weighted by Gasteiger charge is -2.26.